The lowest BCUT2D eigenvalue weighted by Gasteiger charge is -2.21. The van der Waals surface area contributed by atoms with Gasteiger partial charge in [-0.05, 0) is 55.5 Å². The lowest BCUT2D eigenvalue weighted by Crippen LogP contribution is -2.34. The number of rotatable bonds is 8. The van der Waals surface area contributed by atoms with E-state index in [-0.39, 0.29) is 18.3 Å². The average Bonchev–Trinajstić information content (AvgIpc) is 3.19. The quantitative estimate of drug-likeness (QED) is 0.346. The summed E-state index contributed by atoms with van der Waals surface area (Å²) in [6.07, 6.45) is 1.23. The van der Waals surface area contributed by atoms with Crippen LogP contribution in [0.25, 0.3) is 21.0 Å². The molecule has 1 amide bonds. The predicted molar refractivity (Wildman–Crippen MR) is 137 cm³/mol. The molecular weight excluding hydrogens is 442 g/mol. The van der Waals surface area contributed by atoms with E-state index in [1.807, 2.05) is 61.5 Å². The lowest BCUT2D eigenvalue weighted by molar-refractivity contribution is -0.118. The molecule has 0 aliphatic carbocycles. The molecule has 7 heteroatoms. The number of ether oxygens (including phenoxy) is 1. The van der Waals surface area contributed by atoms with Gasteiger partial charge in [0, 0.05) is 12.6 Å². The number of anilines is 1. The van der Waals surface area contributed by atoms with Gasteiger partial charge in [0.05, 0.1) is 23.7 Å². The van der Waals surface area contributed by atoms with Crippen LogP contribution in [0.15, 0.2) is 60.7 Å². The number of halogens is 1. The maximum absolute atomic E-state index is 13.5. The van der Waals surface area contributed by atoms with Crippen LogP contribution in [0.2, 0.25) is 0 Å². The highest BCUT2D eigenvalue weighted by Gasteiger charge is 2.21. The van der Waals surface area contributed by atoms with E-state index in [9.17, 15) is 4.79 Å². The predicted octanol–water partition coefficient (Wildman–Crippen LogP) is 5.41. The maximum Gasteiger partial charge on any atom is 0.233 e. The van der Waals surface area contributed by atoms with Crippen LogP contribution < -0.4 is 9.64 Å². The highest BCUT2D eigenvalue weighted by molar-refractivity contribution is 7.22. The number of nitrogens with zero attached hydrogens (tertiary/aromatic N) is 3. The second kappa shape index (κ2) is 10.8. The SMILES string of the molecule is COc1ccc2sc(N(CCCN(C)C)C(=O)Cc3cccc4ccccc34)nc2c1.Cl. The fourth-order valence-electron chi connectivity index (χ4n) is 3.71. The number of thiazole rings is 1. The van der Waals surface area contributed by atoms with Gasteiger partial charge in [0.25, 0.3) is 0 Å². The molecular formula is C25H28ClN3O2S. The van der Waals surface area contributed by atoms with E-state index in [2.05, 4.69) is 23.1 Å². The normalized spacial score (nSPS) is 11.0. The van der Waals surface area contributed by atoms with Crippen molar-refractivity contribution in [3.05, 3.63) is 66.2 Å². The highest BCUT2D eigenvalue weighted by atomic mass is 35.5. The molecule has 1 aromatic heterocycles. The number of methoxy groups -OCH3 is 1. The van der Waals surface area contributed by atoms with E-state index in [0.29, 0.717) is 13.0 Å². The minimum Gasteiger partial charge on any atom is -0.497 e. The summed E-state index contributed by atoms with van der Waals surface area (Å²) in [5.74, 6) is 0.840. The molecule has 0 fully saturated rings. The molecule has 5 nitrogen and oxygen atoms in total. The Labute approximate surface area is 199 Å². The average molecular weight is 470 g/mol. The van der Waals surface area contributed by atoms with E-state index in [1.54, 1.807) is 18.4 Å². The van der Waals surface area contributed by atoms with Gasteiger partial charge in [-0.15, -0.1) is 12.4 Å². The number of carbonyl (C=O) groups excluding carboxylic acids is 1. The van der Waals surface area contributed by atoms with Crippen molar-refractivity contribution in [3.8, 4) is 5.75 Å². The second-order valence-electron chi connectivity index (χ2n) is 7.85. The molecule has 0 bridgehead atoms. The number of benzene rings is 3. The number of amides is 1. The summed E-state index contributed by atoms with van der Waals surface area (Å²) in [7, 11) is 5.74. The van der Waals surface area contributed by atoms with Crippen LogP contribution >= 0.6 is 23.7 Å². The minimum absolute atomic E-state index is 0. The van der Waals surface area contributed by atoms with Crippen LogP contribution in [0.5, 0.6) is 5.75 Å². The summed E-state index contributed by atoms with van der Waals surface area (Å²) < 4.78 is 6.38. The van der Waals surface area contributed by atoms with Gasteiger partial charge in [-0.2, -0.15) is 0 Å². The molecule has 168 valence electrons. The maximum atomic E-state index is 13.5. The van der Waals surface area contributed by atoms with Crippen molar-refractivity contribution in [1.82, 2.24) is 9.88 Å². The lowest BCUT2D eigenvalue weighted by atomic mass is 10.0. The van der Waals surface area contributed by atoms with Crippen molar-refractivity contribution >= 4 is 55.8 Å². The zero-order valence-electron chi connectivity index (χ0n) is 18.6. The third kappa shape index (κ3) is 5.38. The molecule has 3 aromatic carbocycles. The molecule has 0 radical (unpaired) electrons. The Morgan fingerprint density at radius 2 is 1.81 bits per heavy atom. The molecule has 0 saturated heterocycles. The molecule has 0 aliphatic heterocycles. The van der Waals surface area contributed by atoms with Crippen molar-refractivity contribution in [1.29, 1.82) is 0 Å². The molecule has 0 saturated carbocycles. The number of carbonyl (C=O) groups is 1. The molecule has 0 unspecified atom stereocenters. The number of aromatic nitrogens is 1. The van der Waals surface area contributed by atoms with Crippen molar-refractivity contribution in [2.75, 3.05) is 39.2 Å². The summed E-state index contributed by atoms with van der Waals surface area (Å²) in [4.78, 5) is 22.2. The third-order valence-corrected chi connectivity index (χ3v) is 6.38. The Bertz CT molecular complexity index is 1200. The van der Waals surface area contributed by atoms with Gasteiger partial charge in [-0.1, -0.05) is 53.8 Å². The zero-order valence-corrected chi connectivity index (χ0v) is 20.2. The topological polar surface area (TPSA) is 45.7 Å². The Morgan fingerprint density at radius 3 is 2.59 bits per heavy atom. The largest absolute Gasteiger partial charge is 0.497 e. The van der Waals surface area contributed by atoms with Gasteiger partial charge in [0.1, 0.15) is 5.75 Å². The smallest absolute Gasteiger partial charge is 0.233 e. The van der Waals surface area contributed by atoms with Crippen molar-refractivity contribution < 1.29 is 9.53 Å². The molecule has 4 aromatic rings. The van der Waals surface area contributed by atoms with Gasteiger partial charge in [-0.25, -0.2) is 4.98 Å². The van der Waals surface area contributed by atoms with E-state index in [1.165, 1.54) is 0 Å². The molecule has 0 aliphatic rings. The summed E-state index contributed by atoms with van der Waals surface area (Å²) >= 11 is 1.55. The van der Waals surface area contributed by atoms with Crippen LogP contribution in [0.4, 0.5) is 5.13 Å². The van der Waals surface area contributed by atoms with Crippen LogP contribution in [-0.2, 0) is 11.2 Å². The van der Waals surface area contributed by atoms with E-state index >= 15 is 0 Å². The van der Waals surface area contributed by atoms with Gasteiger partial charge < -0.3 is 9.64 Å². The van der Waals surface area contributed by atoms with Gasteiger partial charge in [0.2, 0.25) is 5.91 Å². The van der Waals surface area contributed by atoms with Crippen molar-refractivity contribution in [3.63, 3.8) is 0 Å². The first-order valence-electron chi connectivity index (χ1n) is 10.4. The van der Waals surface area contributed by atoms with Gasteiger partial charge in [0.15, 0.2) is 5.13 Å². The Hall–Kier alpha value is -2.67. The third-order valence-electron chi connectivity index (χ3n) is 5.32. The molecule has 1 heterocycles. The van der Waals surface area contributed by atoms with Crippen LogP contribution in [0, 0.1) is 0 Å². The first kappa shape index (κ1) is 24.0. The monoisotopic (exact) mass is 469 g/mol. The van der Waals surface area contributed by atoms with E-state index in [0.717, 1.165) is 50.4 Å². The zero-order chi connectivity index (χ0) is 21.8. The molecule has 0 spiro atoms. The van der Waals surface area contributed by atoms with Crippen molar-refractivity contribution in [2.24, 2.45) is 0 Å². The number of hydrogen-bond donors (Lipinski definition) is 0. The Balaban J connectivity index is 0.00000289. The Morgan fingerprint density at radius 1 is 1.03 bits per heavy atom. The summed E-state index contributed by atoms with van der Waals surface area (Å²) in [5, 5.41) is 3.02. The van der Waals surface area contributed by atoms with Crippen molar-refractivity contribution in [2.45, 2.75) is 12.8 Å². The van der Waals surface area contributed by atoms with Gasteiger partial charge in [-0.3, -0.25) is 9.69 Å². The first-order valence-corrected chi connectivity index (χ1v) is 11.2. The van der Waals surface area contributed by atoms with Crippen LogP contribution in [-0.4, -0.2) is 50.1 Å². The number of fused-ring (bicyclic) bond motifs is 2. The van der Waals surface area contributed by atoms with E-state index < -0.39 is 0 Å². The fraction of sp³-hybridized carbons (Fsp3) is 0.280. The number of hydrogen-bond acceptors (Lipinski definition) is 5. The molecule has 32 heavy (non-hydrogen) atoms. The molecule has 0 atom stereocenters. The van der Waals surface area contributed by atoms with Gasteiger partial charge >= 0.3 is 0 Å². The Kier molecular flexibility index (Phi) is 8.07. The summed E-state index contributed by atoms with van der Waals surface area (Å²) in [5.41, 5.74) is 1.90. The summed E-state index contributed by atoms with van der Waals surface area (Å²) in [6.45, 7) is 1.55. The fourth-order valence-corrected chi connectivity index (χ4v) is 4.70. The standard InChI is InChI=1S/C25H27N3O2S.ClH/c1-27(2)14-7-15-28(25-26-22-17-20(30-3)12-13-23(22)31-25)24(29)16-19-10-6-9-18-8-4-5-11-21(18)19;/h4-6,8-13,17H,7,14-16H2,1-3H3;1H. The van der Waals surface area contributed by atoms with E-state index in [4.69, 9.17) is 9.72 Å². The van der Waals surface area contributed by atoms with Crippen LogP contribution in [0.1, 0.15) is 12.0 Å². The minimum atomic E-state index is 0. The summed E-state index contributed by atoms with van der Waals surface area (Å²) in [6, 6.07) is 20.2. The first-order chi connectivity index (χ1) is 15.0. The molecule has 4 rings (SSSR count). The highest BCUT2D eigenvalue weighted by Crippen LogP contribution is 2.32. The molecule has 0 N–H and O–H groups in total. The second-order valence-corrected chi connectivity index (χ2v) is 8.86. The van der Waals surface area contributed by atoms with Crippen LogP contribution in [0.3, 0.4) is 0 Å².